The fourth-order valence-corrected chi connectivity index (χ4v) is 1.27. The molecular weight excluding hydrogens is 250 g/mol. The summed E-state index contributed by atoms with van der Waals surface area (Å²) in [7, 11) is 0. The highest BCUT2D eigenvalue weighted by atomic mass is 19.3. The second-order valence-corrected chi connectivity index (χ2v) is 3.29. The zero-order valence-electron chi connectivity index (χ0n) is 7.95. The topological polar surface area (TPSA) is 28.7 Å². The van der Waals surface area contributed by atoms with Gasteiger partial charge in [-0.05, 0) is 0 Å². The Morgan fingerprint density at radius 3 is 2.29 bits per heavy atom. The minimum Gasteiger partial charge on any atom is -0.337 e. The van der Waals surface area contributed by atoms with Gasteiger partial charge in [-0.15, -0.1) is 0 Å². The van der Waals surface area contributed by atoms with Crippen molar-refractivity contribution < 1.29 is 26.3 Å². The summed E-state index contributed by atoms with van der Waals surface area (Å²) in [5.41, 5.74) is -0.626. The molecular formula is C9H4F6N2. The summed E-state index contributed by atoms with van der Waals surface area (Å²) >= 11 is 0. The SMILES string of the molecule is Fc1cc2nc(C(F)(F)C(F)F)[nH]c2cc1F. The van der Waals surface area contributed by atoms with Gasteiger partial charge in [0.15, 0.2) is 17.5 Å². The molecule has 0 aliphatic heterocycles. The van der Waals surface area contributed by atoms with E-state index >= 15 is 0 Å². The van der Waals surface area contributed by atoms with Crippen molar-refractivity contribution in [3.05, 3.63) is 29.6 Å². The molecule has 0 saturated heterocycles. The number of fused-ring (bicyclic) bond motifs is 1. The fourth-order valence-electron chi connectivity index (χ4n) is 1.27. The van der Waals surface area contributed by atoms with Crippen LogP contribution >= 0.6 is 0 Å². The van der Waals surface area contributed by atoms with Crippen molar-refractivity contribution in [1.82, 2.24) is 9.97 Å². The van der Waals surface area contributed by atoms with Gasteiger partial charge >= 0.3 is 12.3 Å². The van der Waals surface area contributed by atoms with E-state index in [0.29, 0.717) is 12.1 Å². The van der Waals surface area contributed by atoms with Crippen LogP contribution in [0.15, 0.2) is 12.1 Å². The molecule has 0 aliphatic carbocycles. The van der Waals surface area contributed by atoms with E-state index in [9.17, 15) is 26.3 Å². The van der Waals surface area contributed by atoms with E-state index in [1.54, 1.807) is 0 Å². The molecule has 1 heterocycles. The summed E-state index contributed by atoms with van der Waals surface area (Å²) < 4.78 is 75.3. The molecule has 1 aromatic heterocycles. The maximum absolute atomic E-state index is 12.9. The van der Waals surface area contributed by atoms with E-state index in [0.717, 1.165) is 0 Å². The average Bonchev–Trinajstić information content (AvgIpc) is 2.62. The highest BCUT2D eigenvalue weighted by Crippen LogP contribution is 2.33. The Kier molecular flexibility index (Phi) is 2.52. The Hall–Kier alpha value is -1.73. The fraction of sp³-hybridized carbons (Fsp3) is 0.222. The van der Waals surface area contributed by atoms with Gasteiger partial charge in [0.2, 0.25) is 0 Å². The number of hydrogen-bond donors (Lipinski definition) is 1. The monoisotopic (exact) mass is 254 g/mol. The minimum absolute atomic E-state index is 0.278. The predicted molar refractivity (Wildman–Crippen MR) is 45.9 cm³/mol. The Bertz CT molecular complexity index is 523. The average molecular weight is 254 g/mol. The molecule has 17 heavy (non-hydrogen) atoms. The summed E-state index contributed by atoms with van der Waals surface area (Å²) in [5, 5.41) is 0. The van der Waals surface area contributed by atoms with Crippen molar-refractivity contribution in [2.45, 2.75) is 12.3 Å². The summed E-state index contributed by atoms with van der Waals surface area (Å²) in [5.74, 6) is -8.40. The molecule has 0 saturated carbocycles. The first kappa shape index (κ1) is 11.7. The molecule has 2 rings (SSSR count). The Morgan fingerprint density at radius 2 is 1.71 bits per heavy atom. The standard InChI is InChI=1S/C9H4F6N2/c10-3-1-5-6(2-4(3)11)17-8(16-5)9(14,15)7(12)13/h1-2,7H,(H,16,17). The molecule has 0 amide bonds. The molecule has 0 bridgehead atoms. The number of halogens is 6. The van der Waals surface area contributed by atoms with E-state index < -0.39 is 29.8 Å². The maximum atomic E-state index is 12.9. The third kappa shape index (κ3) is 1.83. The van der Waals surface area contributed by atoms with Crippen LogP contribution in [-0.2, 0) is 5.92 Å². The number of aromatic amines is 1. The van der Waals surface area contributed by atoms with E-state index in [1.165, 1.54) is 0 Å². The van der Waals surface area contributed by atoms with Crippen molar-refractivity contribution >= 4 is 11.0 Å². The molecule has 2 nitrogen and oxygen atoms in total. The van der Waals surface area contributed by atoms with E-state index in [-0.39, 0.29) is 11.0 Å². The quantitative estimate of drug-likeness (QED) is 0.819. The molecule has 1 aromatic carbocycles. The second kappa shape index (κ2) is 3.64. The van der Waals surface area contributed by atoms with Crippen LogP contribution in [0, 0.1) is 11.6 Å². The van der Waals surface area contributed by atoms with Crippen molar-refractivity contribution in [2.24, 2.45) is 0 Å². The second-order valence-electron chi connectivity index (χ2n) is 3.29. The molecule has 2 aromatic rings. The maximum Gasteiger partial charge on any atom is 0.363 e. The molecule has 1 N–H and O–H groups in total. The van der Waals surface area contributed by atoms with Crippen LogP contribution in [0.2, 0.25) is 0 Å². The number of H-pyrrole nitrogens is 1. The minimum atomic E-state index is -4.49. The molecule has 0 spiro atoms. The van der Waals surface area contributed by atoms with E-state index in [1.807, 2.05) is 4.98 Å². The zero-order valence-corrected chi connectivity index (χ0v) is 7.95. The molecule has 0 fully saturated rings. The number of imidazole rings is 1. The smallest absolute Gasteiger partial charge is 0.337 e. The molecule has 8 heteroatoms. The van der Waals surface area contributed by atoms with Gasteiger partial charge in [-0.3, -0.25) is 0 Å². The first-order valence-electron chi connectivity index (χ1n) is 4.33. The highest BCUT2D eigenvalue weighted by molar-refractivity contribution is 5.75. The van der Waals surface area contributed by atoms with Crippen molar-refractivity contribution in [3.63, 3.8) is 0 Å². The third-order valence-corrected chi connectivity index (χ3v) is 2.11. The summed E-state index contributed by atoms with van der Waals surface area (Å²) in [4.78, 5) is 4.95. The van der Waals surface area contributed by atoms with Gasteiger partial charge in [-0.25, -0.2) is 22.5 Å². The number of aromatic nitrogens is 2. The number of nitrogens with zero attached hydrogens (tertiary/aromatic N) is 1. The van der Waals surface area contributed by atoms with Gasteiger partial charge in [0.25, 0.3) is 0 Å². The Labute approximate surface area is 90.3 Å². The Morgan fingerprint density at radius 1 is 1.12 bits per heavy atom. The lowest BCUT2D eigenvalue weighted by Crippen LogP contribution is -2.25. The largest absolute Gasteiger partial charge is 0.363 e. The normalized spacial score (nSPS) is 12.6. The molecule has 0 unspecified atom stereocenters. The number of benzene rings is 1. The Balaban J connectivity index is 2.59. The number of hydrogen-bond acceptors (Lipinski definition) is 1. The lowest BCUT2D eigenvalue weighted by molar-refractivity contribution is -0.140. The first-order chi connectivity index (χ1) is 7.82. The predicted octanol–water partition coefficient (Wildman–Crippen LogP) is 3.20. The highest BCUT2D eigenvalue weighted by Gasteiger charge is 2.45. The third-order valence-electron chi connectivity index (χ3n) is 2.11. The van der Waals surface area contributed by atoms with Crippen LogP contribution < -0.4 is 0 Å². The van der Waals surface area contributed by atoms with Gasteiger partial charge in [-0.1, -0.05) is 0 Å². The molecule has 0 radical (unpaired) electrons. The first-order valence-corrected chi connectivity index (χ1v) is 4.33. The lowest BCUT2D eigenvalue weighted by Gasteiger charge is -2.11. The summed E-state index contributed by atoms with van der Waals surface area (Å²) in [6.45, 7) is 0. The number of rotatable bonds is 2. The van der Waals surface area contributed by atoms with Gasteiger partial charge in [0.05, 0.1) is 11.0 Å². The zero-order chi connectivity index (χ0) is 12.8. The molecule has 92 valence electrons. The number of nitrogens with one attached hydrogen (secondary N) is 1. The van der Waals surface area contributed by atoms with Crippen LogP contribution in [0.1, 0.15) is 5.82 Å². The van der Waals surface area contributed by atoms with Crippen LogP contribution in [0.5, 0.6) is 0 Å². The summed E-state index contributed by atoms with van der Waals surface area (Å²) in [6.07, 6.45) is -3.96. The van der Waals surface area contributed by atoms with Crippen molar-refractivity contribution in [3.8, 4) is 0 Å². The van der Waals surface area contributed by atoms with Crippen LogP contribution in [0.3, 0.4) is 0 Å². The van der Waals surface area contributed by atoms with Gasteiger partial charge < -0.3 is 4.98 Å². The van der Waals surface area contributed by atoms with E-state index in [4.69, 9.17) is 0 Å². The van der Waals surface area contributed by atoms with Gasteiger partial charge in [0, 0.05) is 12.1 Å². The van der Waals surface area contributed by atoms with Gasteiger partial charge in [-0.2, -0.15) is 8.78 Å². The van der Waals surface area contributed by atoms with Crippen molar-refractivity contribution in [1.29, 1.82) is 0 Å². The van der Waals surface area contributed by atoms with Gasteiger partial charge in [0.1, 0.15) is 0 Å². The molecule has 0 aliphatic rings. The molecule has 0 atom stereocenters. The summed E-state index contributed by atoms with van der Waals surface area (Å²) in [6, 6.07) is 1.12. The van der Waals surface area contributed by atoms with E-state index in [2.05, 4.69) is 4.98 Å². The number of alkyl halides is 4. The lowest BCUT2D eigenvalue weighted by atomic mass is 10.3. The van der Waals surface area contributed by atoms with Crippen LogP contribution in [0.4, 0.5) is 26.3 Å². The van der Waals surface area contributed by atoms with Crippen LogP contribution in [0.25, 0.3) is 11.0 Å². The van der Waals surface area contributed by atoms with Crippen LogP contribution in [-0.4, -0.2) is 16.4 Å². The van der Waals surface area contributed by atoms with Crippen molar-refractivity contribution in [2.75, 3.05) is 0 Å².